The van der Waals surface area contributed by atoms with Crippen LogP contribution in [0.4, 0.5) is 17.3 Å². The lowest BCUT2D eigenvalue weighted by Crippen LogP contribution is -2.36. The van der Waals surface area contributed by atoms with Crippen LogP contribution in [0.5, 0.6) is 0 Å². The van der Waals surface area contributed by atoms with Crippen molar-refractivity contribution >= 4 is 23.2 Å². The van der Waals surface area contributed by atoms with Crippen molar-refractivity contribution in [3.8, 4) is 0 Å². The Kier molecular flexibility index (Phi) is 6.14. The minimum atomic E-state index is 0.283. The van der Waals surface area contributed by atoms with Crippen molar-refractivity contribution < 1.29 is 4.74 Å². The van der Waals surface area contributed by atoms with Crippen LogP contribution in [0.25, 0.3) is 0 Å². The molecule has 8 nitrogen and oxygen atoms in total. The second-order valence-electron chi connectivity index (χ2n) is 6.31. The van der Waals surface area contributed by atoms with Crippen LogP contribution in [-0.4, -0.2) is 42.1 Å². The zero-order chi connectivity index (χ0) is 19.7. The standard InChI is InChI=1S/C21H21N7O/c1-2-5-17(6-3-1)20(26-27-21-22-11-4-12-23-21)25-24-18-7-9-19(10-8-18)28-13-15-29-16-14-28/h1-12,24H,13-16H2/b25-20-,27-26?. The lowest BCUT2D eigenvalue weighted by Gasteiger charge is -2.28. The van der Waals surface area contributed by atoms with Gasteiger partial charge >= 0.3 is 0 Å². The number of benzene rings is 2. The van der Waals surface area contributed by atoms with Gasteiger partial charge in [-0.05, 0) is 30.3 Å². The molecule has 8 heteroatoms. The lowest BCUT2D eigenvalue weighted by atomic mass is 10.2. The molecule has 0 bridgehead atoms. The zero-order valence-electron chi connectivity index (χ0n) is 15.8. The predicted octanol–water partition coefficient (Wildman–Crippen LogP) is 3.87. The van der Waals surface area contributed by atoms with Gasteiger partial charge in [0.05, 0.1) is 18.9 Å². The third kappa shape index (κ3) is 5.20. The summed E-state index contributed by atoms with van der Waals surface area (Å²) in [5.74, 6) is 0.723. The highest BCUT2D eigenvalue weighted by molar-refractivity contribution is 5.99. The van der Waals surface area contributed by atoms with Crippen molar-refractivity contribution in [1.29, 1.82) is 0 Å². The number of morpholine rings is 1. The second kappa shape index (κ2) is 9.52. The first-order valence-electron chi connectivity index (χ1n) is 9.39. The maximum atomic E-state index is 5.41. The Bertz CT molecular complexity index is 953. The molecule has 1 aliphatic rings. The van der Waals surface area contributed by atoms with E-state index in [-0.39, 0.29) is 5.95 Å². The molecule has 1 aromatic heterocycles. The normalized spacial score (nSPS) is 14.9. The van der Waals surface area contributed by atoms with Gasteiger partial charge in [0.15, 0.2) is 0 Å². The van der Waals surface area contributed by atoms with Gasteiger partial charge in [0.2, 0.25) is 5.84 Å². The van der Waals surface area contributed by atoms with Crippen LogP contribution in [0.1, 0.15) is 5.56 Å². The number of amidine groups is 1. The fourth-order valence-electron chi connectivity index (χ4n) is 2.85. The van der Waals surface area contributed by atoms with E-state index >= 15 is 0 Å². The van der Waals surface area contributed by atoms with Crippen LogP contribution in [-0.2, 0) is 4.74 Å². The molecule has 0 unspecified atom stereocenters. The maximum absolute atomic E-state index is 5.41. The average molecular weight is 387 g/mol. The molecule has 1 saturated heterocycles. The molecular weight excluding hydrogens is 366 g/mol. The Balaban J connectivity index is 1.51. The maximum Gasteiger partial charge on any atom is 0.268 e. The molecule has 0 atom stereocenters. The van der Waals surface area contributed by atoms with Gasteiger partial charge in [-0.1, -0.05) is 30.3 Å². The number of azo groups is 1. The number of nitrogens with zero attached hydrogens (tertiary/aromatic N) is 6. The number of hydrazone groups is 1. The fourth-order valence-corrected chi connectivity index (χ4v) is 2.85. The minimum Gasteiger partial charge on any atom is -0.378 e. The van der Waals surface area contributed by atoms with Gasteiger partial charge in [0.1, 0.15) is 0 Å². The molecule has 29 heavy (non-hydrogen) atoms. The highest BCUT2D eigenvalue weighted by Crippen LogP contribution is 2.19. The molecule has 0 aliphatic carbocycles. The van der Waals surface area contributed by atoms with Crippen LogP contribution >= 0.6 is 0 Å². The topological polar surface area (TPSA) is 87.4 Å². The third-order valence-electron chi connectivity index (χ3n) is 4.35. The van der Waals surface area contributed by atoms with Crippen molar-refractivity contribution in [2.45, 2.75) is 0 Å². The number of anilines is 2. The Hall–Kier alpha value is -3.65. The van der Waals surface area contributed by atoms with Gasteiger partial charge in [-0.25, -0.2) is 9.97 Å². The van der Waals surface area contributed by atoms with E-state index in [0.717, 1.165) is 37.6 Å². The molecule has 0 amide bonds. The van der Waals surface area contributed by atoms with E-state index in [4.69, 9.17) is 4.74 Å². The van der Waals surface area contributed by atoms with E-state index in [1.165, 1.54) is 5.69 Å². The molecular formula is C21H21N7O. The highest BCUT2D eigenvalue weighted by atomic mass is 16.5. The Morgan fingerprint density at radius 1 is 0.897 bits per heavy atom. The third-order valence-corrected chi connectivity index (χ3v) is 4.35. The average Bonchev–Trinajstić information content (AvgIpc) is 2.81. The van der Waals surface area contributed by atoms with Gasteiger partial charge in [0.25, 0.3) is 5.95 Å². The summed E-state index contributed by atoms with van der Waals surface area (Å²) in [5, 5.41) is 12.8. The van der Waals surface area contributed by atoms with E-state index < -0.39 is 0 Å². The van der Waals surface area contributed by atoms with E-state index in [9.17, 15) is 0 Å². The number of rotatable bonds is 5. The first kappa shape index (κ1) is 18.7. The van der Waals surface area contributed by atoms with Gasteiger partial charge in [-0.2, -0.15) is 5.10 Å². The number of hydrogen-bond donors (Lipinski definition) is 1. The van der Waals surface area contributed by atoms with Crippen LogP contribution < -0.4 is 10.3 Å². The first-order valence-corrected chi connectivity index (χ1v) is 9.39. The summed E-state index contributed by atoms with van der Waals surface area (Å²) in [6.07, 6.45) is 3.24. The highest BCUT2D eigenvalue weighted by Gasteiger charge is 2.10. The van der Waals surface area contributed by atoms with Crippen LogP contribution in [0.15, 0.2) is 88.4 Å². The summed E-state index contributed by atoms with van der Waals surface area (Å²) in [4.78, 5) is 10.4. The molecule has 0 radical (unpaired) electrons. The number of nitrogens with one attached hydrogen (secondary N) is 1. The van der Waals surface area contributed by atoms with Gasteiger partial charge in [0, 0.05) is 36.7 Å². The van der Waals surface area contributed by atoms with E-state index in [2.05, 4.69) is 47.8 Å². The monoisotopic (exact) mass is 387 g/mol. The smallest absolute Gasteiger partial charge is 0.268 e. The molecule has 0 saturated carbocycles. The van der Waals surface area contributed by atoms with Crippen molar-refractivity contribution in [3.05, 3.63) is 78.6 Å². The Labute approximate surface area is 169 Å². The number of ether oxygens (including phenoxy) is 1. The van der Waals surface area contributed by atoms with Crippen LogP contribution in [0.2, 0.25) is 0 Å². The predicted molar refractivity (Wildman–Crippen MR) is 113 cm³/mol. The molecule has 1 N–H and O–H groups in total. The quantitative estimate of drug-likeness (QED) is 0.311. The summed E-state index contributed by atoms with van der Waals surface area (Å²) in [6, 6.07) is 19.5. The largest absolute Gasteiger partial charge is 0.378 e. The molecule has 2 aromatic carbocycles. The van der Waals surface area contributed by atoms with Crippen molar-refractivity contribution in [2.24, 2.45) is 15.3 Å². The van der Waals surface area contributed by atoms with E-state index in [1.54, 1.807) is 18.5 Å². The summed E-state index contributed by atoms with van der Waals surface area (Å²) >= 11 is 0. The van der Waals surface area contributed by atoms with E-state index in [0.29, 0.717) is 5.84 Å². The summed E-state index contributed by atoms with van der Waals surface area (Å²) in [5.41, 5.74) is 5.93. The SMILES string of the molecule is c1ccc(/C(N=Nc2ncccn2)=N/Nc2ccc(N3CCOCC3)cc2)cc1. The number of hydrogen-bond acceptors (Lipinski definition) is 7. The molecule has 4 rings (SSSR count). The molecule has 146 valence electrons. The summed E-state index contributed by atoms with van der Waals surface area (Å²) in [7, 11) is 0. The molecule has 0 spiro atoms. The van der Waals surface area contributed by atoms with Crippen molar-refractivity contribution in [3.63, 3.8) is 0 Å². The Morgan fingerprint density at radius 2 is 1.62 bits per heavy atom. The summed E-state index contributed by atoms with van der Waals surface area (Å²) < 4.78 is 5.41. The molecule has 2 heterocycles. The Morgan fingerprint density at radius 3 is 2.34 bits per heavy atom. The lowest BCUT2D eigenvalue weighted by molar-refractivity contribution is 0.122. The van der Waals surface area contributed by atoms with Gasteiger partial charge in [-0.3, -0.25) is 5.43 Å². The van der Waals surface area contributed by atoms with Crippen LogP contribution in [0.3, 0.4) is 0 Å². The second-order valence-corrected chi connectivity index (χ2v) is 6.31. The minimum absolute atomic E-state index is 0.283. The van der Waals surface area contributed by atoms with Crippen LogP contribution in [0, 0.1) is 0 Å². The molecule has 1 aliphatic heterocycles. The van der Waals surface area contributed by atoms with Crippen molar-refractivity contribution in [2.75, 3.05) is 36.6 Å². The first-order chi connectivity index (χ1) is 14.4. The zero-order valence-corrected chi connectivity index (χ0v) is 15.8. The molecule has 1 fully saturated rings. The van der Waals surface area contributed by atoms with E-state index in [1.807, 2.05) is 42.5 Å². The number of aromatic nitrogens is 2. The van der Waals surface area contributed by atoms with Gasteiger partial charge in [-0.15, -0.1) is 10.2 Å². The fraction of sp³-hybridized carbons (Fsp3) is 0.190. The summed E-state index contributed by atoms with van der Waals surface area (Å²) in [6.45, 7) is 3.35. The molecule has 3 aromatic rings. The van der Waals surface area contributed by atoms with Crippen molar-refractivity contribution in [1.82, 2.24) is 9.97 Å². The van der Waals surface area contributed by atoms with Gasteiger partial charge < -0.3 is 9.64 Å².